The third-order valence-corrected chi connectivity index (χ3v) is 5.79. The van der Waals surface area contributed by atoms with Crippen molar-refractivity contribution in [2.24, 2.45) is 0 Å². The molecule has 0 unspecified atom stereocenters. The van der Waals surface area contributed by atoms with Crippen LogP contribution in [0.5, 0.6) is 0 Å². The number of aromatic nitrogens is 2. The molecule has 0 saturated heterocycles. The Morgan fingerprint density at radius 1 is 1.07 bits per heavy atom. The van der Waals surface area contributed by atoms with E-state index in [2.05, 4.69) is 10.4 Å². The van der Waals surface area contributed by atoms with Gasteiger partial charge in [0.05, 0.1) is 0 Å². The number of rotatable bonds is 4. The summed E-state index contributed by atoms with van der Waals surface area (Å²) in [4.78, 5) is 27.5. The fourth-order valence-electron chi connectivity index (χ4n) is 4.19. The molecule has 1 fully saturated rings. The Hall–Kier alpha value is -2.70. The number of nitrogens with zero attached hydrogens (tertiary/aromatic N) is 3. The number of fused-ring (bicyclic) bond motifs is 1. The van der Waals surface area contributed by atoms with Gasteiger partial charge in [-0.25, -0.2) is 4.39 Å². The first kappa shape index (κ1) is 19.6. The summed E-state index contributed by atoms with van der Waals surface area (Å²) in [7, 11) is 0. The van der Waals surface area contributed by atoms with Crippen LogP contribution in [0.15, 0.2) is 30.3 Å². The standard InChI is InChI=1S/C22H27FN4O2/c23-17-10-8-16(9-11-17)15-26-12-5-13-27-20(22(26)29)14-19(25-27)21(28)24-18-6-3-1-2-4-7-18/h8-11,14,18H,1-7,12-13,15H2,(H,24,28). The SMILES string of the molecule is O=C(NC1CCCCCC1)c1cc2n(n1)CCCN(Cc1ccc(F)cc1)C2=O. The molecule has 154 valence electrons. The number of nitrogens with one attached hydrogen (secondary N) is 1. The smallest absolute Gasteiger partial charge is 0.272 e. The quantitative estimate of drug-likeness (QED) is 0.802. The summed E-state index contributed by atoms with van der Waals surface area (Å²) >= 11 is 0. The van der Waals surface area contributed by atoms with Gasteiger partial charge in [-0.2, -0.15) is 5.10 Å². The molecule has 0 atom stereocenters. The third-order valence-electron chi connectivity index (χ3n) is 5.79. The van der Waals surface area contributed by atoms with E-state index < -0.39 is 0 Å². The molecule has 1 aliphatic heterocycles. The van der Waals surface area contributed by atoms with Crippen LogP contribution >= 0.6 is 0 Å². The van der Waals surface area contributed by atoms with Crippen LogP contribution in [-0.4, -0.2) is 39.1 Å². The van der Waals surface area contributed by atoms with Gasteiger partial charge in [-0.05, 0) is 37.0 Å². The molecular weight excluding hydrogens is 371 g/mol. The maximum atomic E-state index is 13.1. The molecule has 1 saturated carbocycles. The molecule has 2 heterocycles. The second-order valence-electron chi connectivity index (χ2n) is 8.01. The Balaban J connectivity index is 1.47. The second kappa shape index (κ2) is 8.76. The summed E-state index contributed by atoms with van der Waals surface area (Å²) < 4.78 is 14.8. The first-order valence-corrected chi connectivity index (χ1v) is 10.5. The molecule has 29 heavy (non-hydrogen) atoms. The Morgan fingerprint density at radius 3 is 2.52 bits per heavy atom. The molecule has 0 radical (unpaired) electrons. The molecule has 1 aromatic carbocycles. The van der Waals surface area contributed by atoms with Gasteiger partial charge in [0.2, 0.25) is 0 Å². The lowest BCUT2D eigenvalue weighted by Crippen LogP contribution is -2.34. The van der Waals surface area contributed by atoms with E-state index in [9.17, 15) is 14.0 Å². The molecule has 7 heteroatoms. The van der Waals surface area contributed by atoms with E-state index in [0.717, 1.165) is 37.7 Å². The molecule has 2 amide bonds. The molecule has 2 aromatic rings. The number of carbonyl (C=O) groups excluding carboxylic acids is 2. The van der Waals surface area contributed by atoms with Crippen LogP contribution in [0, 0.1) is 5.82 Å². The minimum absolute atomic E-state index is 0.146. The van der Waals surface area contributed by atoms with Crippen LogP contribution in [0.4, 0.5) is 4.39 Å². The lowest BCUT2D eigenvalue weighted by Gasteiger charge is -2.20. The van der Waals surface area contributed by atoms with E-state index in [1.165, 1.54) is 25.0 Å². The maximum Gasteiger partial charge on any atom is 0.272 e. The number of hydrogen-bond acceptors (Lipinski definition) is 3. The Bertz CT molecular complexity index is 869. The van der Waals surface area contributed by atoms with Crippen LogP contribution in [0.1, 0.15) is 71.5 Å². The molecule has 1 N–H and O–H groups in total. The van der Waals surface area contributed by atoms with Crippen molar-refractivity contribution in [1.82, 2.24) is 20.0 Å². The molecule has 4 rings (SSSR count). The van der Waals surface area contributed by atoms with Crippen LogP contribution in [0.2, 0.25) is 0 Å². The van der Waals surface area contributed by atoms with Crippen molar-refractivity contribution >= 4 is 11.8 Å². The summed E-state index contributed by atoms with van der Waals surface area (Å²) in [6.45, 7) is 1.61. The van der Waals surface area contributed by atoms with Gasteiger partial charge in [0.1, 0.15) is 11.5 Å². The molecule has 0 spiro atoms. The lowest BCUT2D eigenvalue weighted by molar-refractivity contribution is 0.0745. The van der Waals surface area contributed by atoms with E-state index in [1.807, 2.05) is 0 Å². The molecule has 2 aliphatic rings. The van der Waals surface area contributed by atoms with E-state index in [-0.39, 0.29) is 23.7 Å². The Labute approximate surface area is 170 Å². The minimum atomic E-state index is -0.293. The second-order valence-corrected chi connectivity index (χ2v) is 8.01. The molecular formula is C22H27FN4O2. The summed E-state index contributed by atoms with van der Waals surface area (Å²) in [5.41, 5.74) is 1.62. The van der Waals surface area contributed by atoms with E-state index >= 15 is 0 Å². The highest BCUT2D eigenvalue weighted by atomic mass is 19.1. The average molecular weight is 398 g/mol. The van der Waals surface area contributed by atoms with Crippen LogP contribution in [0.25, 0.3) is 0 Å². The van der Waals surface area contributed by atoms with Gasteiger partial charge >= 0.3 is 0 Å². The third kappa shape index (κ3) is 4.66. The van der Waals surface area contributed by atoms with Gasteiger partial charge < -0.3 is 10.2 Å². The van der Waals surface area contributed by atoms with Gasteiger partial charge in [-0.1, -0.05) is 37.8 Å². The van der Waals surface area contributed by atoms with Crippen molar-refractivity contribution < 1.29 is 14.0 Å². The number of aryl methyl sites for hydroxylation is 1. The molecule has 1 aliphatic carbocycles. The molecule has 0 bridgehead atoms. The Kier molecular flexibility index (Phi) is 5.92. The highest BCUT2D eigenvalue weighted by Crippen LogP contribution is 2.19. The monoisotopic (exact) mass is 398 g/mol. The van der Waals surface area contributed by atoms with Crippen LogP contribution in [0.3, 0.4) is 0 Å². The van der Waals surface area contributed by atoms with Crippen molar-refractivity contribution in [1.29, 1.82) is 0 Å². The van der Waals surface area contributed by atoms with Gasteiger partial charge in [0.25, 0.3) is 11.8 Å². The topological polar surface area (TPSA) is 67.2 Å². The highest BCUT2D eigenvalue weighted by Gasteiger charge is 2.27. The first-order valence-electron chi connectivity index (χ1n) is 10.5. The number of carbonyl (C=O) groups is 2. The summed E-state index contributed by atoms with van der Waals surface area (Å²) in [5.74, 6) is -0.637. The number of benzene rings is 1. The fraction of sp³-hybridized carbons (Fsp3) is 0.500. The van der Waals surface area contributed by atoms with E-state index in [4.69, 9.17) is 0 Å². The van der Waals surface area contributed by atoms with Gasteiger partial charge in [-0.3, -0.25) is 14.3 Å². The number of hydrogen-bond donors (Lipinski definition) is 1. The van der Waals surface area contributed by atoms with Gasteiger partial charge in [0, 0.05) is 31.7 Å². The minimum Gasteiger partial charge on any atom is -0.348 e. The van der Waals surface area contributed by atoms with Crippen LogP contribution < -0.4 is 5.32 Å². The predicted molar refractivity (Wildman–Crippen MR) is 107 cm³/mol. The zero-order valence-corrected chi connectivity index (χ0v) is 16.6. The van der Waals surface area contributed by atoms with Crippen molar-refractivity contribution in [2.75, 3.05) is 6.54 Å². The normalized spacial score (nSPS) is 18.1. The zero-order valence-electron chi connectivity index (χ0n) is 16.6. The van der Waals surface area contributed by atoms with Crippen molar-refractivity contribution in [2.45, 2.75) is 64.1 Å². The van der Waals surface area contributed by atoms with Crippen molar-refractivity contribution in [3.8, 4) is 0 Å². The van der Waals surface area contributed by atoms with Gasteiger partial charge in [-0.15, -0.1) is 0 Å². The summed E-state index contributed by atoms with van der Waals surface area (Å²) in [6, 6.07) is 7.98. The van der Waals surface area contributed by atoms with E-state index in [1.54, 1.807) is 27.8 Å². The first-order chi connectivity index (χ1) is 14.1. The lowest BCUT2D eigenvalue weighted by atomic mass is 10.1. The van der Waals surface area contributed by atoms with Crippen LogP contribution in [-0.2, 0) is 13.1 Å². The van der Waals surface area contributed by atoms with Crippen molar-refractivity contribution in [3.05, 3.63) is 53.1 Å². The average Bonchev–Trinajstić information content (AvgIpc) is 2.89. The predicted octanol–water partition coefficient (Wildman–Crippen LogP) is 3.52. The van der Waals surface area contributed by atoms with E-state index in [0.29, 0.717) is 31.0 Å². The van der Waals surface area contributed by atoms with Gasteiger partial charge in [0.15, 0.2) is 5.69 Å². The largest absolute Gasteiger partial charge is 0.348 e. The molecule has 1 aromatic heterocycles. The number of halogens is 1. The summed E-state index contributed by atoms with van der Waals surface area (Å²) in [5, 5.41) is 7.51. The Morgan fingerprint density at radius 2 is 1.79 bits per heavy atom. The maximum absolute atomic E-state index is 13.1. The fourth-order valence-corrected chi connectivity index (χ4v) is 4.19. The zero-order chi connectivity index (χ0) is 20.2. The highest BCUT2D eigenvalue weighted by molar-refractivity contribution is 5.98. The van der Waals surface area contributed by atoms with Crippen molar-refractivity contribution in [3.63, 3.8) is 0 Å². The number of amides is 2. The molecule has 6 nitrogen and oxygen atoms in total. The summed E-state index contributed by atoms with van der Waals surface area (Å²) in [6.07, 6.45) is 7.49.